The lowest BCUT2D eigenvalue weighted by Crippen LogP contribution is -2.38. The summed E-state index contributed by atoms with van der Waals surface area (Å²) in [6.07, 6.45) is 4.07. The number of rotatable bonds is 6. The highest BCUT2D eigenvalue weighted by Gasteiger charge is 2.24. The van der Waals surface area contributed by atoms with Gasteiger partial charge in [-0.05, 0) is 49.2 Å². The molecule has 1 saturated heterocycles. The van der Waals surface area contributed by atoms with Gasteiger partial charge in [0, 0.05) is 43.6 Å². The molecule has 1 aliphatic rings. The molecule has 0 saturated carbocycles. The number of urea groups is 1. The third kappa shape index (κ3) is 5.22. The van der Waals surface area contributed by atoms with Crippen LogP contribution >= 0.6 is 0 Å². The van der Waals surface area contributed by atoms with Crippen LogP contribution in [0.25, 0.3) is 16.9 Å². The third-order valence-electron chi connectivity index (χ3n) is 6.39. The van der Waals surface area contributed by atoms with E-state index in [9.17, 15) is 9.59 Å². The van der Waals surface area contributed by atoms with Gasteiger partial charge in [0.1, 0.15) is 17.9 Å². The van der Waals surface area contributed by atoms with Gasteiger partial charge in [-0.1, -0.05) is 18.2 Å². The number of esters is 1. The molecule has 38 heavy (non-hydrogen) atoms. The Morgan fingerprint density at radius 1 is 1.03 bits per heavy atom. The number of carbonyl (C=O) groups is 2. The number of hydrogen-bond acceptors (Lipinski definition) is 8. The highest BCUT2D eigenvalue weighted by atomic mass is 16.5. The first-order chi connectivity index (χ1) is 18.6. The Morgan fingerprint density at radius 3 is 2.66 bits per heavy atom. The van der Waals surface area contributed by atoms with E-state index in [-0.39, 0.29) is 12.6 Å². The summed E-state index contributed by atoms with van der Waals surface area (Å²) in [4.78, 5) is 37.9. The van der Waals surface area contributed by atoms with Crippen LogP contribution in [-0.2, 0) is 4.74 Å². The van der Waals surface area contributed by atoms with Gasteiger partial charge in [0.05, 0.1) is 19.3 Å². The van der Waals surface area contributed by atoms with E-state index in [4.69, 9.17) is 9.47 Å². The second-order valence-electron chi connectivity index (χ2n) is 8.75. The molecule has 11 heteroatoms. The predicted octanol–water partition coefficient (Wildman–Crippen LogP) is 3.72. The van der Waals surface area contributed by atoms with Gasteiger partial charge in [-0.25, -0.2) is 14.6 Å². The average Bonchev–Trinajstić information content (AvgIpc) is 3.29. The van der Waals surface area contributed by atoms with Crippen LogP contribution in [-0.4, -0.2) is 76.4 Å². The zero-order valence-corrected chi connectivity index (χ0v) is 21.3. The molecule has 2 amide bonds. The fourth-order valence-corrected chi connectivity index (χ4v) is 4.52. The van der Waals surface area contributed by atoms with Crippen molar-refractivity contribution in [1.82, 2.24) is 24.5 Å². The Hall–Kier alpha value is -4.67. The van der Waals surface area contributed by atoms with Crippen molar-refractivity contribution in [3.05, 3.63) is 66.6 Å². The van der Waals surface area contributed by atoms with E-state index in [1.807, 2.05) is 30.5 Å². The molecule has 0 unspecified atom stereocenters. The van der Waals surface area contributed by atoms with E-state index in [2.05, 4.69) is 25.3 Å². The molecule has 11 nitrogen and oxygen atoms in total. The van der Waals surface area contributed by atoms with Crippen LogP contribution < -0.4 is 15.0 Å². The highest BCUT2D eigenvalue weighted by molar-refractivity contribution is 5.94. The molecule has 5 rings (SSSR count). The molecule has 0 radical (unpaired) electrons. The monoisotopic (exact) mass is 515 g/mol. The molecule has 2 aromatic heterocycles. The van der Waals surface area contributed by atoms with E-state index in [1.165, 1.54) is 6.33 Å². The number of ether oxygens (including phenoxy) is 2. The topological polar surface area (TPSA) is 114 Å². The molecule has 1 N–H and O–H groups in total. The van der Waals surface area contributed by atoms with Crippen molar-refractivity contribution in [2.75, 3.05) is 50.1 Å². The number of nitrogens with one attached hydrogen (secondary N) is 1. The second-order valence-corrected chi connectivity index (χ2v) is 8.75. The van der Waals surface area contributed by atoms with Gasteiger partial charge < -0.3 is 24.6 Å². The van der Waals surface area contributed by atoms with E-state index >= 15 is 0 Å². The molecule has 4 aromatic rings. The van der Waals surface area contributed by atoms with Crippen molar-refractivity contribution in [2.24, 2.45) is 0 Å². The van der Waals surface area contributed by atoms with Gasteiger partial charge in [-0.2, -0.15) is 14.6 Å². The van der Waals surface area contributed by atoms with Gasteiger partial charge in [0.25, 0.3) is 5.78 Å². The lowest BCUT2D eigenvalue weighted by Gasteiger charge is -2.26. The van der Waals surface area contributed by atoms with E-state index < -0.39 is 5.97 Å². The zero-order chi connectivity index (χ0) is 26.5. The molecular formula is C27H29N7O4. The molecule has 196 valence electrons. The van der Waals surface area contributed by atoms with Crippen LogP contribution in [0.2, 0.25) is 0 Å². The molecule has 0 bridgehead atoms. The van der Waals surface area contributed by atoms with Crippen LogP contribution in [0.1, 0.15) is 23.7 Å². The van der Waals surface area contributed by atoms with Gasteiger partial charge in [-0.15, -0.1) is 0 Å². The molecular weight excluding hydrogens is 486 g/mol. The minimum atomic E-state index is -0.418. The maximum atomic E-state index is 13.1. The van der Waals surface area contributed by atoms with Crippen molar-refractivity contribution in [2.45, 2.75) is 13.3 Å². The van der Waals surface area contributed by atoms with Crippen molar-refractivity contribution in [1.29, 1.82) is 0 Å². The SMILES string of the molecule is CCOC(=O)c1cccc(NC(=O)N2CCCN(c3c(-c4ccc(OC)cc4)cnc4ncnn34)CC2)c1. The number of fused-ring (bicyclic) bond motifs is 1. The first-order valence-corrected chi connectivity index (χ1v) is 12.5. The Kier molecular flexibility index (Phi) is 7.34. The number of carbonyl (C=O) groups excluding carboxylic acids is 2. The lowest BCUT2D eigenvalue weighted by molar-refractivity contribution is 0.0526. The first kappa shape index (κ1) is 25.0. The zero-order valence-electron chi connectivity index (χ0n) is 21.3. The van der Waals surface area contributed by atoms with Crippen LogP contribution in [0.3, 0.4) is 0 Å². The minimum absolute atomic E-state index is 0.219. The number of anilines is 2. The molecule has 1 aliphatic heterocycles. The number of nitrogens with zero attached hydrogens (tertiary/aromatic N) is 6. The summed E-state index contributed by atoms with van der Waals surface area (Å²) in [6.45, 7) is 4.46. The van der Waals surface area contributed by atoms with Gasteiger partial charge in [0.2, 0.25) is 0 Å². The quantitative estimate of drug-likeness (QED) is 0.387. The maximum absolute atomic E-state index is 13.1. The Balaban J connectivity index is 1.35. The van der Waals surface area contributed by atoms with Gasteiger partial charge in [0.15, 0.2) is 0 Å². The summed E-state index contributed by atoms with van der Waals surface area (Å²) >= 11 is 0. The molecule has 3 heterocycles. The Morgan fingerprint density at radius 2 is 1.87 bits per heavy atom. The number of amides is 2. The normalized spacial score (nSPS) is 13.7. The van der Waals surface area contributed by atoms with Crippen molar-refractivity contribution in [3.63, 3.8) is 0 Å². The number of methoxy groups -OCH3 is 1. The molecule has 1 fully saturated rings. The summed E-state index contributed by atoms with van der Waals surface area (Å²) in [5.74, 6) is 1.74. The smallest absolute Gasteiger partial charge is 0.338 e. The third-order valence-corrected chi connectivity index (χ3v) is 6.39. The van der Waals surface area contributed by atoms with Crippen LogP contribution in [0.15, 0.2) is 61.1 Å². The standard InChI is InChI=1S/C27H29N7O4/c1-3-38-25(35)20-6-4-7-21(16-20)31-27(36)33-13-5-12-32(14-15-33)24-23(17-28-26-29-18-30-34(24)26)19-8-10-22(37-2)11-9-19/h4,6-11,16-18H,3,5,12-15H2,1-2H3,(H,31,36). The van der Waals surface area contributed by atoms with Crippen molar-refractivity contribution in [3.8, 4) is 16.9 Å². The maximum Gasteiger partial charge on any atom is 0.338 e. The average molecular weight is 516 g/mol. The molecule has 2 aromatic carbocycles. The highest BCUT2D eigenvalue weighted by Crippen LogP contribution is 2.32. The summed E-state index contributed by atoms with van der Waals surface area (Å²) in [5, 5.41) is 7.35. The lowest BCUT2D eigenvalue weighted by atomic mass is 10.1. The largest absolute Gasteiger partial charge is 0.497 e. The minimum Gasteiger partial charge on any atom is -0.497 e. The molecule has 0 atom stereocenters. The first-order valence-electron chi connectivity index (χ1n) is 12.5. The van der Waals surface area contributed by atoms with E-state index in [0.29, 0.717) is 36.7 Å². The van der Waals surface area contributed by atoms with Crippen LogP contribution in [0, 0.1) is 0 Å². The number of benzene rings is 2. The summed E-state index contributed by atoms with van der Waals surface area (Å²) in [6, 6.07) is 14.4. The van der Waals surface area contributed by atoms with E-state index in [0.717, 1.165) is 35.7 Å². The summed E-state index contributed by atoms with van der Waals surface area (Å²) in [7, 11) is 1.64. The van der Waals surface area contributed by atoms with Crippen molar-refractivity contribution >= 4 is 29.3 Å². The summed E-state index contributed by atoms with van der Waals surface area (Å²) < 4.78 is 12.1. The van der Waals surface area contributed by atoms with Crippen LogP contribution in [0.4, 0.5) is 16.3 Å². The Bertz CT molecular complexity index is 1440. The van der Waals surface area contributed by atoms with Gasteiger partial charge in [-0.3, -0.25) is 0 Å². The van der Waals surface area contributed by atoms with Crippen LogP contribution in [0.5, 0.6) is 5.75 Å². The fourth-order valence-electron chi connectivity index (χ4n) is 4.52. The summed E-state index contributed by atoms with van der Waals surface area (Å²) in [5.41, 5.74) is 2.83. The van der Waals surface area contributed by atoms with Crippen molar-refractivity contribution < 1.29 is 19.1 Å². The predicted molar refractivity (Wildman–Crippen MR) is 143 cm³/mol. The van der Waals surface area contributed by atoms with Gasteiger partial charge >= 0.3 is 12.0 Å². The second kappa shape index (κ2) is 11.2. The Labute approximate surface area is 220 Å². The fraction of sp³-hybridized carbons (Fsp3) is 0.296. The molecule has 0 aliphatic carbocycles. The number of aromatic nitrogens is 4. The molecule has 0 spiro atoms. The number of hydrogen-bond donors (Lipinski definition) is 1. The van der Waals surface area contributed by atoms with E-state index in [1.54, 1.807) is 47.7 Å².